The van der Waals surface area contributed by atoms with Crippen LogP contribution in [0.5, 0.6) is 0 Å². The third-order valence-corrected chi connectivity index (χ3v) is 6.71. The Morgan fingerprint density at radius 3 is 2.67 bits per heavy atom. The normalized spacial score (nSPS) is 11.3. The molecule has 0 N–H and O–H groups in total. The lowest BCUT2D eigenvalue weighted by molar-refractivity contribution is -0.384. The van der Waals surface area contributed by atoms with E-state index >= 15 is 0 Å². The Balaban J connectivity index is 1.57. The molecule has 4 aromatic heterocycles. The monoisotopic (exact) mass is 506 g/mol. The van der Waals surface area contributed by atoms with Crippen LogP contribution in [0.2, 0.25) is 0 Å². The first-order chi connectivity index (χ1) is 17.2. The minimum Gasteiger partial charge on any atom is -0.315 e. The summed E-state index contributed by atoms with van der Waals surface area (Å²) < 4.78 is 4.14. The zero-order valence-corrected chi connectivity index (χ0v) is 19.9. The molecule has 0 fully saturated rings. The second-order valence-electron chi connectivity index (χ2n) is 7.96. The van der Waals surface area contributed by atoms with Crippen molar-refractivity contribution >= 4 is 49.4 Å². The van der Waals surface area contributed by atoms with Gasteiger partial charge in [-0.2, -0.15) is 0 Å². The predicted octanol–water partition coefficient (Wildman–Crippen LogP) is 1.58. The predicted molar refractivity (Wildman–Crippen MR) is 132 cm³/mol. The molecule has 0 atom stereocenters. The molecule has 4 heterocycles. The number of thiazole rings is 1. The Morgan fingerprint density at radius 1 is 1.14 bits per heavy atom. The van der Waals surface area contributed by atoms with E-state index in [-0.39, 0.29) is 29.9 Å². The highest BCUT2D eigenvalue weighted by molar-refractivity contribution is 7.22. The summed E-state index contributed by atoms with van der Waals surface area (Å²) >= 11 is 1.14. The van der Waals surface area contributed by atoms with Crippen LogP contribution in [0.15, 0.2) is 58.5 Å². The van der Waals surface area contributed by atoms with Crippen LogP contribution < -0.4 is 16.1 Å². The van der Waals surface area contributed by atoms with Gasteiger partial charge < -0.3 is 4.57 Å². The minimum atomic E-state index is -0.568. The number of nitro benzene ring substituents is 1. The van der Waals surface area contributed by atoms with Crippen LogP contribution in [0.25, 0.3) is 21.4 Å². The number of aromatic nitrogens is 6. The second kappa shape index (κ2) is 8.81. The summed E-state index contributed by atoms with van der Waals surface area (Å²) in [6.07, 6.45) is 2.94. The number of hydrogen-bond donors (Lipinski definition) is 0. The average molecular weight is 507 g/mol. The summed E-state index contributed by atoms with van der Waals surface area (Å²) in [5.74, 6) is -0.413. The zero-order chi connectivity index (χ0) is 25.6. The molecule has 0 aliphatic carbocycles. The first-order valence-electron chi connectivity index (χ1n) is 10.6. The van der Waals surface area contributed by atoms with Crippen molar-refractivity contribution in [3.05, 3.63) is 85.6 Å². The van der Waals surface area contributed by atoms with Gasteiger partial charge in [0.2, 0.25) is 5.91 Å². The largest absolute Gasteiger partial charge is 0.332 e. The zero-order valence-electron chi connectivity index (χ0n) is 19.1. The fourth-order valence-electron chi connectivity index (χ4n) is 3.79. The number of benzene rings is 1. The number of carbonyl (C=O) groups excluding carboxylic acids is 1. The molecule has 0 aliphatic rings. The number of nitrogens with zero attached hydrogens (tertiary/aromatic N) is 8. The molecule has 0 radical (unpaired) electrons. The molecule has 13 nitrogen and oxygen atoms in total. The fourth-order valence-corrected chi connectivity index (χ4v) is 4.81. The number of amides is 1. The summed E-state index contributed by atoms with van der Waals surface area (Å²) in [6.45, 7) is -0.169. The van der Waals surface area contributed by atoms with Crippen molar-refractivity contribution in [1.29, 1.82) is 0 Å². The number of fused-ring (bicyclic) bond motifs is 2. The Labute approximate surface area is 205 Å². The number of anilines is 1. The van der Waals surface area contributed by atoms with Crippen LogP contribution in [-0.2, 0) is 32.0 Å². The van der Waals surface area contributed by atoms with Crippen LogP contribution >= 0.6 is 11.3 Å². The van der Waals surface area contributed by atoms with E-state index in [1.54, 1.807) is 24.4 Å². The van der Waals surface area contributed by atoms with Gasteiger partial charge in [-0.1, -0.05) is 17.4 Å². The Bertz CT molecular complexity index is 1770. The van der Waals surface area contributed by atoms with E-state index in [4.69, 9.17) is 0 Å². The smallest absolute Gasteiger partial charge is 0.315 e. The van der Waals surface area contributed by atoms with Crippen LogP contribution in [0.3, 0.4) is 0 Å². The molecular formula is C22H18N8O5S. The summed E-state index contributed by atoms with van der Waals surface area (Å²) in [4.78, 5) is 63.7. The third kappa shape index (κ3) is 3.92. The molecule has 182 valence electrons. The number of aryl methyl sites for hydroxylation is 1. The maximum Gasteiger partial charge on any atom is 0.332 e. The molecular weight excluding hydrogens is 488 g/mol. The molecule has 0 unspecified atom stereocenters. The highest BCUT2D eigenvalue weighted by Crippen LogP contribution is 2.32. The quantitative estimate of drug-likeness (QED) is 0.249. The van der Waals surface area contributed by atoms with Gasteiger partial charge in [0, 0.05) is 32.4 Å². The van der Waals surface area contributed by atoms with Gasteiger partial charge in [-0.3, -0.25) is 38.7 Å². The van der Waals surface area contributed by atoms with E-state index in [9.17, 15) is 24.5 Å². The summed E-state index contributed by atoms with van der Waals surface area (Å²) in [5.41, 5.74) is 0.226. The summed E-state index contributed by atoms with van der Waals surface area (Å²) in [7, 11) is 2.86. The first kappa shape index (κ1) is 23.0. The third-order valence-electron chi connectivity index (χ3n) is 5.67. The molecule has 0 saturated carbocycles. The van der Waals surface area contributed by atoms with Crippen molar-refractivity contribution in [2.45, 2.75) is 13.1 Å². The minimum absolute atomic E-state index is 0.0772. The van der Waals surface area contributed by atoms with Crippen molar-refractivity contribution in [3.8, 4) is 0 Å². The van der Waals surface area contributed by atoms with Crippen molar-refractivity contribution in [3.63, 3.8) is 0 Å². The molecule has 36 heavy (non-hydrogen) atoms. The van der Waals surface area contributed by atoms with Crippen molar-refractivity contribution in [2.24, 2.45) is 14.1 Å². The van der Waals surface area contributed by atoms with E-state index in [0.29, 0.717) is 21.0 Å². The average Bonchev–Trinajstić information content (AvgIpc) is 3.49. The first-order valence-corrected chi connectivity index (χ1v) is 11.4. The van der Waals surface area contributed by atoms with Crippen LogP contribution in [0, 0.1) is 10.1 Å². The number of hydrogen-bond acceptors (Lipinski definition) is 9. The highest BCUT2D eigenvalue weighted by Gasteiger charge is 2.24. The van der Waals surface area contributed by atoms with Gasteiger partial charge in [-0.05, 0) is 18.2 Å². The van der Waals surface area contributed by atoms with E-state index < -0.39 is 22.1 Å². The number of imidazole rings is 1. The van der Waals surface area contributed by atoms with Crippen LogP contribution in [-0.4, -0.2) is 39.5 Å². The molecule has 5 aromatic rings. The van der Waals surface area contributed by atoms with Crippen molar-refractivity contribution < 1.29 is 9.72 Å². The standard InChI is InChI=1S/C22H18N8O5S/c1-26-19-18(20(32)27(2)22(26)33)28(12-24-19)11-17(31)29(10-13-5-3-4-8-23-13)21-25-15-7-6-14(30(34)35)9-16(15)36-21/h3-9,12H,10-11H2,1-2H3. The topological polar surface area (TPSA) is 151 Å². The summed E-state index contributed by atoms with van der Waals surface area (Å²) in [5, 5.41) is 11.5. The number of non-ortho nitro benzene ring substituents is 1. The van der Waals surface area contributed by atoms with E-state index in [0.717, 1.165) is 15.9 Å². The Hall–Kier alpha value is -4.72. The van der Waals surface area contributed by atoms with Crippen molar-refractivity contribution in [1.82, 2.24) is 28.7 Å². The number of rotatable bonds is 6. The maximum atomic E-state index is 13.6. The van der Waals surface area contributed by atoms with Gasteiger partial charge in [0.15, 0.2) is 16.3 Å². The lowest BCUT2D eigenvalue weighted by atomic mass is 10.3. The lowest BCUT2D eigenvalue weighted by Gasteiger charge is -2.20. The van der Waals surface area contributed by atoms with Gasteiger partial charge in [0.1, 0.15) is 6.54 Å². The van der Waals surface area contributed by atoms with Gasteiger partial charge in [-0.15, -0.1) is 0 Å². The molecule has 0 spiro atoms. The van der Waals surface area contributed by atoms with E-state index in [1.165, 1.54) is 52.7 Å². The maximum absolute atomic E-state index is 13.6. The number of carbonyl (C=O) groups is 1. The van der Waals surface area contributed by atoms with Crippen molar-refractivity contribution in [2.75, 3.05) is 4.90 Å². The van der Waals surface area contributed by atoms with Gasteiger partial charge in [0.05, 0.1) is 33.7 Å². The second-order valence-corrected chi connectivity index (χ2v) is 8.97. The Kier molecular flexibility index (Phi) is 5.64. The van der Waals surface area contributed by atoms with Crippen LogP contribution in [0.4, 0.5) is 10.8 Å². The summed E-state index contributed by atoms with van der Waals surface area (Å²) in [6, 6.07) is 9.60. The lowest BCUT2D eigenvalue weighted by Crippen LogP contribution is -2.38. The Morgan fingerprint density at radius 2 is 1.94 bits per heavy atom. The van der Waals surface area contributed by atoms with E-state index in [2.05, 4.69) is 15.0 Å². The molecule has 1 aromatic carbocycles. The van der Waals surface area contributed by atoms with Crippen LogP contribution in [0.1, 0.15) is 5.69 Å². The molecule has 0 bridgehead atoms. The van der Waals surface area contributed by atoms with Gasteiger partial charge in [-0.25, -0.2) is 14.8 Å². The molecule has 0 saturated heterocycles. The SMILES string of the molecule is Cn1c(=O)c2c(ncn2CC(=O)N(Cc2ccccn2)c2nc3ccc([N+](=O)[O-])cc3s2)n(C)c1=O. The highest BCUT2D eigenvalue weighted by atomic mass is 32.1. The van der Waals surface area contributed by atoms with Gasteiger partial charge in [0.25, 0.3) is 11.2 Å². The molecule has 5 rings (SSSR count). The fraction of sp³-hybridized carbons (Fsp3) is 0.182. The number of nitro groups is 1. The number of pyridine rings is 1. The molecule has 0 aliphatic heterocycles. The molecule has 1 amide bonds. The molecule has 14 heteroatoms. The van der Waals surface area contributed by atoms with E-state index in [1.807, 2.05) is 0 Å². The van der Waals surface area contributed by atoms with Gasteiger partial charge >= 0.3 is 5.69 Å².